The van der Waals surface area contributed by atoms with E-state index in [1.165, 1.54) is 0 Å². The molecule has 0 radical (unpaired) electrons. The second-order valence-corrected chi connectivity index (χ2v) is 17.4. The van der Waals surface area contributed by atoms with E-state index in [0.717, 1.165) is 69.8 Å². The molecule has 0 aromatic heterocycles. The predicted octanol–water partition coefficient (Wildman–Crippen LogP) is 7.94. The van der Waals surface area contributed by atoms with Crippen LogP contribution in [0.2, 0.25) is 0 Å². The maximum absolute atomic E-state index is 14.2. The van der Waals surface area contributed by atoms with Crippen molar-refractivity contribution >= 4 is 5.97 Å². The van der Waals surface area contributed by atoms with Gasteiger partial charge in [-0.2, -0.15) is 0 Å². The number of aliphatic hydroxyl groups excluding tert-OH is 2. The Balaban J connectivity index is 1.36. The van der Waals surface area contributed by atoms with Crippen LogP contribution in [-0.2, 0) is 16.1 Å². The van der Waals surface area contributed by atoms with Crippen LogP contribution in [0.3, 0.4) is 0 Å². The number of hydrogen-bond donors (Lipinski definition) is 2. The molecule has 4 heteroatoms. The lowest BCUT2D eigenvalue weighted by Crippen LogP contribution is -2.70. The Morgan fingerprint density at radius 2 is 1.51 bits per heavy atom. The quantitative estimate of drug-likeness (QED) is 0.366. The van der Waals surface area contributed by atoms with E-state index in [4.69, 9.17) is 4.74 Å². The Labute approximate surface area is 249 Å². The van der Waals surface area contributed by atoms with Crippen LogP contribution in [0.5, 0.6) is 0 Å². The van der Waals surface area contributed by atoms with Crippen LogP contribution in [0.1, 0.15) is 118 Å². The third-order valence-corrected chi connectivity index (χ3v) is 14.8. The van der Waals surface area contributed by atoms with Gasteiger partial charge in [-0.3, -0.25) is 4.79 Å². The van der Waals surface area contributed by atoms with E-state index in [9.17, 15) is 15.0 Å². The molecule has 4 nitrogen and oxygen atoms in total. The summed E-state index contributed by atoms with van der Waals surface area (Å²) in [6.07, 6.45) is 9.07. The molecule has 5 aliphatic rings. The summed E-state index contributed by atoms with van der Waals surface area (Å²) in [6.45, 7) is 17.2. The second-order valence-electron chi connectivity index (χ2n) is 17.4. The Morgan fingerprint density at radius 3 is 2.22 bits per heavy atom. The van der Waals surface area contributed by atoms with Crippen LogP contribution in [0.25, 0.3) is 0 Å². The molecule has 0 saturated heterocycles. The fraction of sp³-hybridized carbons (Fsp3) is 0.811. The molecule has 6 rings (SSSR count). The van der Waals surface area contributed by atoms with Gasteiger partial charge in [0.25, 0.3) is 0 Å². The highest BCUT2D eigenvalue weighted by atomic mass is 16.5. The van der Waals surface area contributed by atoms with Crippen molar-refractivity contribution in [2.24, 2.45) is 56.2 Å². The minimum absolute atomic E-state index is 0.0259. The molecule has 5 aliphatic carbocycles. The Morgan fingerprint density at radius 1 is 0.829 bits per heavy atom. The Bertz CT molecular complexity index is 1160. The molecule has 0 spiro atoms. The zero-order valence-electron chi connectivity index (χ0n) is 26.8. The fourth-order valence-electron chi connectivity index (χ4n) is 12.2. The number of fused-ring (bicyclic) bond motifs is 7. The fourth-order valence-corrected chi connectivity index (χ4v) is 12.2. The molecule has 0 bridgehead atoms. The van der Waals surface area contributed by atoms with Gasteiger partial charge >= 0.3 is 5.97 Å². The average Bonchev–Trinajstić information content (AvgIpc) is 2.91. The maximum Gasteiger partial charge on any atom is 0.312 e. The number of carbonyl (C=O) groups is 1. The van der Waals surface area contributed by atoms with E-state index < -0.39 is 11.5 Å². The third kappa shape index (κ3) is 4.15. The zero-order valence-corrected chi connectivity index (χ0v) is 26.8. The molecule has 0 heterocycles. The summed E-state index contributed by atoms with van der Waals surface area (Å²) >= 11 is 0. The van der Waals surface area contributed by atoms with Gasteiger partial charge in [-0.25, -0.2) is 0 Å². The van der Waals surface area contributed by atoms with E-state index in [2.05, 4.69) is 48.5 Å². The summed E-state index contributed by atoms with van der Waals surface area (Å²) in [7, 11) is 0. The molecular weight excluding hydrogens is 508 g/mol. The minimum atomic E-state index is -0.503. The highest BCUT2D eigenvalue weighted by molar-refractivity contribution is 5.78. The molecule has 0 amide bonds. The summed E-state index contributed by atoms with van der Waals surface area (Å²) in [4.78, 5) is 14.2. The number of aliphatic hydroxyl groups is 2. The van der Waals surface area contributed by atoms with E-state index in [1.54, 1.807) is 0 Å². The maximum atomic E-state index is 14.2. The average molecular weight is 565 g/mol. The van der Waals surface area contributed by atoms with Crippen molar-refractivity contribution in [3.63, 3.8) is 0 Å². The number of hydrogen-bond acceptors (Lipinski definition) is 4. The topological polar surface area (TPSA) is 66.8 Å². The van der Waals surface area contributed by atoms with Crippen molar-refractivity contribution in [1.82, 2.24) is 0 Å². The summed E-state index contributed by atoms with van der Waals surface area (Å²) in [5, 5.41) is 23.3. The summed E-state index contributed by atoms with van der Waals surface area (Å²) < 4.78 is 6.15. The van der Waals surface area contributed by atoms with Crippen molar-refractivity contribution in [2.75, 3.05) is 0 Å². The zero-order chi connectivity index (χ0) is 29.6. The first-order valence-corrected chi connectivity index (χ1v) is 16.7. The number of carbonyl (C=O) groups excluding carboxylic acids is 1. The van der Waals surface area contributed by atoms with Gasteiger partial charge in [-0.15, -0.1) is 0 Å². The molecule has 1 aromatic carbocycles. The van der Waals surface area contributed by atoms with Gasteiger partial charge < -0.3 is 14.9 Å². The summed E-state index contributed by atoms with van der Waals surface area (Å²) in [6, 6.07) is 10.0. The minimum Gasteiger partial charge on any atom is -0.460 e. The molecule has 10 atom stereocenters. The lowest BCUT2D eigenvalue weighted by atomic mass is 9.31. The first kappa shape index (κ1) is 29.7. The normalized spacial score (nSPS) is 48.1. The first-order valence-electron chi connectivity index (χ1n) is 16.7. The highest BCUT2D eigenvalue weighted by Gasteiger charge is 2.73. The third-order valence-electron chi connectivity index (χ3n) is 14.8. The van der Waals surface area contributed by atoms with Crippen LogP contribution in [-0.4, -0.2) is 28.4 Å². The molecule has 5 saturated carbocycles. The van der Waals surface area contributed by atoms with Crippen molar-refractivity contribution in [2.45, 2.75) is 131 Å². The second kappa shape index (κ2) is 9.55. The van der Waals surface area contributed by atoms with Crippen LogP contribution < -0.4 is 0 Å². The highest BCUT2D eigenvalue weighted by Crippen LogP contribution is 2.77. The van der Waals surface area contributed by atoms with Gasteiger partial charge in [-0.05, 0) is 121 Å². The number of esters is 1. The van der Waals surface area contributed by atoms with Gasteiger partial charge in [0.15, 0.2) is 0 Å². The van der Waals surface area contributed by atoms with E-state index in [0.29, 0.717) is 18.4 Å². The first-order chi connectivity index (χ1) is 19.1. The Hall–Kier alpha value is -1.39. The van der Waals surface area contributed by atoms with Crippen LogP contribution in [0.15, 0.2) is 30.3 Å². The monoisotopic (exact) mass is 564 g/mol. The van der Waals surface area contributed by atoms with Gasteiger partial charge in [0, 0.05) is 0 Å². The molecule has 1 aromatic rings. The predicted molar refractivity (Wildman–Crippen MR) is 163 cm³/mol. The van der Waals surface area contributed by atoms with Crippen LogP contribution in [0.4, 0.5) is 0 Å². The van der Waals surface area contributed by atoms with Crippen molar-refractivity contribution < 1.29 is 19.7 Å². The Kier molecular flexibility index (Phi) is 6.91. The molecule has 41 heavy (non-hydrogen) atoms. The van der Waals surface area contributed by atoms with Gasteiger partial charge in [0.05, 0.1) is 17.6 Å². The van der Waals surface area contributed by atoms with E-state index in [-0.39, 0.29) is 51.0 Å². The number of benzene rings is 1. The number of rotatable bonds is 3. The largest absolute Gasteiger partial charge is 0.460 e. The van der Waals surface area contributed by atoms with Gasteiger partial charge in [0.2, 0.25) is 0 Å². The van der Waals surface area contributed by atoms with Crippen LogP contribution in [0, 0.1) is 56.2 Å². The van der Waals surface area contributed by atoms with Gasteiger partial charge in [-0.1, -0.05) is 78.8 Å². The molecule has 0 unspecified atom stereocenters. The smallest absolute Gasteiger partial charge is 0.312 e. The van der Waals surface area contributed by atoms with E-state index >= 15 is 0 Å². The van der Waals surface area contributed by atoms with E-state index in [1.807, 2.05) is 30.3 Å². The molecule has 228 valence electrons. The van der Waals surface area contributed by atoms with Crippen molar-refractivity contribution in [3.05, 3.63) is 35.9 Å². The summed E-state index contributed by atoms with van der Waals surface area (Å²) in [5.41, 5.74) is 0.749. The van der Waals surface area contributed by atoms with Crippen molar-refractivity contribution in [1.29, 1.82) is 0 Å². The molecular formula is C37H56O4. The van der Waals surface area contributed by atoms with Crippen molar-refractivity contribution in [3.8, 4) is 0 Å². The SMILES string of the molecule is CC1(C)CC[C@]2(C(=O)OCc3ccccc3)CC[C@]3(C)[C@H]([C@@H](O)C[C@@H]4[C@@]5(C)CC[C@H](O)C(C)(C)[C@@H]5CC[C@]43C)[C@@H]2C1. The lowest BCUT2D eigenvalue weighted by Gasteiger charge is -2.74. The van der Waals surface area contributed by atoms with Gasteiger partial charge in [0.1, 0.15) is 6.61 Å². The lowest BCUT2D eigenvalue weighted by molar-refractivity contribution is -0.279. The standard InChI is InChI=1S/C37H56O4/c1-32(2)17-19-37(31(40)41-23-24-11-9-8-10-12-24)20-18-36(7)30(25(37)22-32)26(38)21-28-34(5)15-14-29(39)33(3,4)27(34)13-16-35(28,36)6/h8-12,25-30,38-39H,13-23H2,1-7H3/t25-,26-,27-,28+,29-,30-,34-,35+,36+,37-/m0/s1. The summed E-state index contributed by atoms with van der Waals surface area (Å²) in [5.74, 6) is 1.10. The molecule has 2 N–H and O–H groups in total. The molecule has 0 aliphatic heterocycles. The number of ether oxygens (including phenoxy) is 1. The molecule has 5 fully saturated rings. The van der Waals surface area contributed by atoms with Crippen LogP contribution >= 0.6 is 0 Å².